The normalized spacial score (nSPS) is 19.1. The lowest BCUT2D eigenvalue weighted by Gasteiger charge is -2.50. The van der Waals surface area contributed by atoms with E-state index in [0.29, 0.717) is 0 Å². The van der Waals surface area contributed by atoms with Gasteiger partial charge in [-0.15, -0.1) is 0 Å². The zero-order valence-corrected chi connectivity index (χ0v) is 26.3. The fourth-order valence-electron chi connectivity index (χ4n) is 7.17. The van der Waals surface area contributed by atoms with Crippen LogP contribution in [-0.4, -0.2) is 54.1 Å². The van der Waals surface area contributed by atoms with E-state index in [9.17, 15) is 9.59 Å². The van der Waals surface area contributed by atoms with Crippen LogP contribution in [0.2, 0.25) is 0 Å². The number of hydrazine groups is 1. The number of carbonyl (C=O) groups excluding carboxylic acids is 2. The van der Waals surface area contributed by atoms with Gasteiger partial charge < -0.3 is 10.1 Å². The Morgan fingerprint density at radius 3 is 2.11 bits per heavy atom. The van der Waals surface area contributed by atoms with Crippen LogP contribution in [0.15, 0.2) is 108 Å². The predicted octanol–water partition coefficient (Wildman–Crippen LogP) is 6.56. The molecule has 5 rings (SSSR count). The number of benzene rings is 3. The van der Waals surface area contributed by atoms with Crippen molar-refractivity contribution in [3.05, 3.63) is 125 Å². The van der Waals surface area contributed by atoms with Crippen LogP contribution in [0.3, 0.4) is 0 Å². The van der Waals surface area contributed by atoms with E-state index >= 15 is 0 Å². The highest BCUT2D eigenvalue weighted by atomic mass is 16.5. The second kappa shape index (κ2) is 14.0. The van der Waals surface area contributed by atoms with Crippen LogP contribution < -0.4 is 10.1 Å². The topological polar surface area (TPSA) is 65.1 Å². The number of hydrogen-bond donors (Lipinski definition) is 1. The van der Waals surface area contributed by atoms with Crippen LogP contribution in [0.1, 0.15) is 69.1 Å². The van der Waals surface area contributed by atoms with Gasteiger partial charge >= 0.3 is 0 Å². The van der Waals surface area contributed by atoms with Gasteiger partial charge in [-0.2, -0.15) is 0 Å². The Kier molecular flexibility index (Phi) is 9.85. The second-order valence-corrected chi connectivity index (χ2v) is 11.6. The Hall–Kier alpha value is -4.36. The molecule has 3 aromatic carbocycles. The molecule has 1 fully saturated rings. The van der Waals surface area contributed by atoms with Crippen LogP contribution in [0.5, 0.6) is 5.75 Å². The van der Waals surface area contributed by atoms with Crippen molar-refractivity contribution < 1.29 is 14.3 Å². The molecule has 3 aromatic rings. The number of piperidine rings is 1. The lowest BCUT2D eigenvalue weighted by Crippen LogP contribution is -2.58. The van der Waals surface area contributed by atoms with Gasteiger partial charge in [0.25, 0.3) is 0 Å². The van der Waals surface area contributed by atoms with E-state index in [1.54, 1.807) is 7.11 Å². The number of ether oxygens (including phenoxy) is 1. The summed E-state index contributed by atoms with van der Waals surface area (Å²) < 4.78 is 5.48. The Bertz CT molecular complexity index is 1440. The van der Waals surface area contributed by atoms with Crippen LogP contribution >= 0.6 is 0 Å². The maximum absolute atomic E-state index is 13.0. The van der Waals surface area contributed by atoms with Crippen LogP contribution in [0.25, 0.3) is 0 Å². The Morgan fingerprint density at radius 2 is 1.59 bits per heavy atom. The summed E-state index contributed by atoms with van der Waals surface area (Å²) in [5.41, 5.74) is 6.20. The van der Waals surface area contributed by atoms with Gasteiger partial charge in [0, 0.05) is 30.1 Å². The minimum atomic E-state index is -0.178. The Balaban J connectivity index is 1.46. The summed E-state index contributed by atoms with van der Waals surface area (Å²) in [6.07, 6.45) is 7.06. The molecule has 0 radical (unpaired) electrons. The van der Waals surface area contributed by atoms with Gasteiger partial charge in [-0.3, -0.25) is 19.5 Å². The number of hydrogen-bond acceptors (Lipinski definition) is 5. The third kappa shape index (κ3) is 5.89. The first-order valence-electron chi connectivity index (χ1n) is 15.7. The van der Waals surface area contributed by atoms with E-state index in [4.69, 9.17) is 4.74 Å². The van der Waals surface area contributed by atoms with Gasteiger partial charge in [-0.25, -0.2) is 5.01 Å². The summed E-state index contributed by atoms with van der Waals surface area (Å²) in [4.78, 5) is 27.3. The number of carbonyl (C=O) groups is 2. The minimum absolute atomic E-state index is 0.0796. The molecule has 2 unspecified atom stereocenters. The van der Waals surface area contributed by atoms with Crippen molar-refractivity contribution in [2.75, 3.05) is 20.2 Å². The zero-order chi connectivity index (χ0) is 31.1. The first-order chi connectivity index (χ1) is 21.5. The van der Waals surface area contributed by atoms with Crippen LogP contribution in [0, 0.1) is 0 Å². The third-order valence-electron chi connectivity index (χ3n) is 9.41. The molecule has 0 bridgehead atoms. The molecule has 44 heavy (non-hydrogen) atoms. The molecule has 2 heterocycles. The molecule has 0 aromatic heterocycles. The molecule has 2 aliphatic heterocycles. The molecule has 7 nitrogen and oxygen atoms in total. The molecule has 1 saturated heterocycles. The highest BCUT2D eigenvalue weighted by Gasteiger charge is 2.41. The van der Waals surface area contributed by atoms with E-state index < -0.39 is 0 Å². The molecule has 2 amide bonds. The highest BCUT2D eigenvalue weighted by Crippen LogP contribution is 2.43. The summed E-state index contributed by atoms with van der Waals surface area (Å²) in [5, 5.41) is 6.82. The number of allylic oxidation sites excluding steroid dienone is 3. The van der Waals surface area contributed by atoms with Crippen molar-refractivity contribution in [1.29, 1.82) is 0 Å². The maximum Gasteiger partial charge on any atom is 0.230 e. The van der Waals surface area contributed by atoms with Gasteiger partial charge in [0.05, 0.1) is 18.5 Å². The first-order valence-corrected chi connectivity index (χ1v) is 15.7. The van der Waals surface area contributed by atoms with E-state index in [-0.39, 0.29) is 17.5 Å². The van der Waals surface area contributed by atoms with Crippen LogP contribution in [-0.2, 0) is 15.0 Å². The van der Waals surface area contributed by atoms with E-state index in [1.807, 2.05) is 41.2 Å². The fraction of sp³-hybridized carbons (Fsp3) is 0.351. The van der Waals surface area contributed by atoms with Gasteiger partial charge in [-0.1, -0.05) is 86.6 Å². The molecule has 0 aliphatic carbocycles. The van der Waals surface area contributed by atoms with Crippen molar-refractivity contribution in [1.82, 2.24) is 20.2 Å². The summed E-state index contributed by atoms with van der Waals surface area (Å²) in [6.45, 7) is 7.92. The molecule has 0 saturated carbocycles. The Morgan fingerprint density at radius 1 is 0.955 bits per heavy atom. The second-order valence-electron chi connectivity index (χ2n) is 11.6. The lowest BCUT2D eigenvalue weighted by molar-refractivity contribution is -0.145. The molecule has 1 N–H and O–H groups in total. The number of nitrogens with zero attached hydrogens (tertiary/aromatic N) is 3. The number of likely N-dealkylation sites (tertiary alicyclic amines) is 1. The maximum atomic E-state index is 13.0. The highest BCUT2D eigenvalue weighted by molar-refractivity contribution is 5.56. The summed E-state index contributed by atoms with van der Waals surface area (Å²) in [7, 11) is 1.65. The average molecular weight is 593 g/mol. The summed E-state index contributed by atoms with van der Waals surface area (Å²) in [5.74, 6) is 0.578. The predicted molar refractivity (Wildman–Crippen MR) is 174 cm³/mol. The van der Waals surface area contributed by atoms with E-state index in [1.165, 1.54) is 11.1 Å². The molecule has 230 valence electrons. The third-order valence-corrected chi connectivity index (χ3v) is 9.41. The Labute approximate surface area is 261 Å². The van der Waals surface area contributed by atoms with Crippen molar-refractivity contribution in [3.63, 3.8) is 0 Å². The summed E-state index contributed by atoms with van der Waals surface area (Å²) >= 11 is 0. The van der Waals surface area contributed by atoms with Gasteiger partial charge in [0.1, 0.15) is 11.9 Å². The standard InChI is InChI=1S/C37H44N4O3/c1-5-32-25-34(29-14-13-19-33(24-29)44-4)36(38-26-42)28(3)41(32)40(27-43)35(6-2)39-22-20-37(21-23-39,30-15-9-7-10-16-30)31-17-11-8-12-18-31/h7-19,24-27,34-35H,5-6,20-23H2,1-4H3,(H,38,42). The van der Waals surface area contributed by atoms with Gasteiger partial charge in [0.2, 0.25) is 12.8 Å². The van der Waals surface area contributed by atoms with Crippen LogP contribution in [0.4, 0.5) is 0 Å². The van der Waals surface area contributed by atoms with E-state index in [2.05, 4.69) is 90.8 Å². The number of amides is 2. The quantitative estimate of drug-likeness (QED) is 0.242. The van der Waals surface area contributed by atoms with Gasteiger partial charge in [0.15, 0.2) is 0 Å². The molecule has 7 heteroatoms. The molecular formula is C37H44N4O3. The molecule has 2 aliphatic rings. The monoisotopic (exact) mass is 592 g/mol. The molecular weight excluding hydrogens is 548 g/mol. The smallest absolute Gasteiger partial charge is 0.230 e. The molecule has 0 spiro atoms. The summed E-state index contributed by atoms with van der Waals surface area (Å²) in [6, 6.07) is 29.6. The number of methoxy groups -OCH3 is 1. The zero-order valence-electron chi connectivity index (χ0n) is 26.3. The van der Waals surface area contributed by atoms with Crippen molar-refractivity contribution in [3.8, 4) is 5.75 Å². The SMILES string of the molecule is CCC1=CC(c2cccc(OC)c2)C(NC=O)=C(C)N1N(C=O)C(CC)N1CCC(c2ccccc2)(c2ccccc2)CC1. The van der Waals surface area contributed by atoms with Gasteiger partial charge in [-0.05, 0) is 67.5 Å². The fourth-order valence-corrected chi connectivity index (χ4v) is 7.17. The molecule has 2 atom stereocenters. The first kappa shape index (κ1) is 31.1. The minimum Gasteiger partial charge on any atom is -0.497 e. The van der Waals surface area contributed by atoms with Crippen molar-refractivity contribution >= 4 is 12.8 Å². The lowest BCUT2D eigenvalue weighted by atomic mass is 9.68. The number of nitrogens with one attached hydrogen (secondary N) is 1. The number of rotatable bonds is 12. The average Bonchev–Trinajstić information content (AvgIpc) is 3.09. The van der Waals surface area contributed by atoms with Crippen molar-refractivity contribution in [2.45, 2.75) is 64.0 Å². The van der Waals surface area contributed by atoms with Crippen molar-refractivity contribution in [2.24, 2.45) is 0 Å². The largest absolute Gasteiger partial charge is 0.497 e. The van der Waals surface area contributed by atoms with E-state index in [0.717, 1.165) is 80.0 Å².